The van der Waals surface area contributed by atoms with E-state index in [2.05, 4.69) is 19.2 Å². The first-order valence-corrected chi connectivity index (χ1v) is 8.05. The smallest absolute Gasteiger partial charge is 0.228 e. The molecule has 6 heteroatoms. The molecule has 0 aromatic rings. The van der Waals surface area contributed by atoms with Crippen LogP contribution in [0.25, 0.3) is 0 Å². The molecule has 0 bridgehead atoms. The first-order chi connectivity index (χ1) is 9.77. The van der Waals surface area contributed by atoms with Crippen LogP contribution in [-0.4, -0.2) is 42.9 Å². The lowest BCUT2D eigenvalue weighted by atomic mass is 9.81. The molecule has 0 saturated carbocycles. The van der Waals surface area contributed by atoms with E-state index in [-0.39, 0.29) is 35.6 Å². The van der Waals surface area contributed by atoms with Gasteiger partial charge in [0, 0.05) is 31.6 Å². The van der Waals surface area contributed by atoms with Crippen molar-refractivity contribution in [1.29, 1.82) is 0 Å². The number of piperidine rings is 1. The average Bonchev–Trinajstić information content (AvgIpc) is 2.42. The minimum absolute atomic E-state index is 0. The van der Waals surface area contributed by atoms with Gasteiger partial charge in [0.05, 0.1) is 5.92 Å². The summed E-state index contributed by atoms with van der Waals surface area (Å²) in [5, 5.41) is 2.83. The fraction of sp³-hybridized carbons (Fsp3) is 0.875. The standard InChI is InChI=1S/C16H31N3O2.ClH/c1-12(2)10-16(3,4)15(21)19-9-5-6-13(11-19)14(20)18-8-7-17;/h12-13H,5-11,17H2,1-4H3,(H,18,20);1H. The molecule has 5 nitrogen and oxygen atoms in total. The van der Waals surface area contributed by atoms with E-state index in [9.17, 15) is 9.59 Å². The third-order valence-corrected chi connectivity index (χ3v) is 4.02. The number of halogens is 1. The van der Waals surface area contributed by atoms with Crippen LogP contribution < -0.4 is 11.1 Å². The summed E-state index contributed by atoms with van der Waals surface area (Å²) >= 11 is 0. The van der Waals surface area contributed by atoms with Crippen LogP contribution in [0.4, 0.5) is 0 Å². The molecule has 1 atom stereocenters. The Hall–Kier alpha value is -0.810. The number of nitrogens with one attached hydrogen (secondary N) is 1. The zero-order chi connectivity index (χ0) is 16.0. The molecule has 130 valence electrons. The van der Waals surface area contributed by atoms with Gasteiger partial charge in [-0.3, -0.25) is 9.59 Å². The highest BCUT2D eigenvalue weighted by molar-refractivity contribution is 5.85. The van der Waals surface area contributed by atoms with Crippen molar-refractivity contribution < 1.29 is 9.59 Å². The topological polar surface area (TPSA) is 75.4 Å². The molecule has 1 aliphatic rings. The Morgan fingerprint density at radius 3 is 2.55 bits per heavy atom. The Kier molecular flexibility index (Phi) is 9.01. The summed E-state index contributed by atoms with van der Waals surface area (Å²) in [7, 11) is 0. The highest BCUT2D eigenvalue weighted by Gasteiger charge is 2.36. The lowest BCUT2D eigenvalue weighted by Crippen LogP contribution is -2.49. The molecule has 0 aromatic heterocycles. The molecule has 3 N–H and O–H groups in total. The van der Waals surface area contributed by atoms with Gasteiger partial charge in [-0.2, -0.15) is 0 Å². The van der Waals surface area contributed by atoms with Crippen LogP contribution in [-0.2, 0) is 9.59 Å². The third-order valence-electron chi connectivity index (χ3n) is 4.02. The monoisotopic (exact) mass is 333 g/mol. The zero-order valence-electron chi connectivity index (χ0n) is 14.4. The van der Waals surface area contributed by atoms with E-state index in [1.165, 1.54) is 0 Å². The lowest BCUT2D eigenvalue weighted by Gasteiger charge is -2.37. The van der Waals surface area contributed by atoms with Crippen molar-refractivity contribution >= 4 is 24.2 Å². The second-order valence-electron chi connectivity index (χ2n) is 7.15. The molecule has 0 aliphatic carbocycles. The number of nitrogens with zero attached hydrogens (tertiary/aromatic N) is 1. The minimum atomic E-state index is -0.357. The molecule has 0 radical (unpaired) electrons. The van der Waals surface area contributed by atoms with Gasteiger partial charge in [-0.25, -0.2) is 0 Å². The second kappa shape index (κ2) is 9.36. The Bertz CT molecular complexity index is 372. The van der Waals surface area contributed by atoms with Crippen molar-refractivity contribution in [2.45, 2.75) is 47.0 Å². The Labute approximate surface area is 140 Å². The number of nitrogens with two attached hydrogens (primary N) is 1. The van der Waals surface area contributed by atoms with E-state index in [0.29, 0.717) is 25.6 Å². The normalized spacial score (nSPS) is 18.8. The third kappa shape index (κ3) is 6.13. The van der Waals surface area contributed by atoms with E-state index in [4.69, 9.17) is 5.73 Å². The van der Waals surface area contributed by atoms with Gasteiger partial charge in [-0.05, 0) is 25.2 Å². The molecule has 2 amide bonds. The molecular formula is C16H32ClN3O2. The van der Waals surface area contributed by atoms with Gasteiger partial charge >= 0.3 is 0 Å². The number of amides is 2. The first-order valence-electron chi connectivity index (χ1n) is 8.05. The Morgan fingerprint density at radius 2 is 2.00 bits per heavy atom. The average molecular weight is 334 g/mol. The van der Waals surface area contributed by atoms with Crippen LogP contribution in [0.5, 0.6) is 0 Å². The van der Waals surface area contributed by atoms with Crippen LogP contribution in [0.15, 0.2) is 0 Å². The first kappa shape index (κ1) is 21.2. The lowest BCUT2D eigenvalue weighted by molar-refractivity contribution is -0.144. The molecule has 0 aromatic carbocycles. The van der Waals surface area contributed by atoms with Crippen molar-refractivity contribution in [2.75, 3.05) is 26.2 Å². The number of hydrogen-bond donors (Lipinski definition) is 2. The van der Waals surface area contributed by atoms with Gasteiger partial charge in [0.1, 0.15) is 0 Å². The van der Waals surface area contributed by atoms with Crippen molar-refractivity contribution in [3.05, 3.63) is 0 Å². The van der Waals surface area contributed by atoms with E-state index < -0.39 is 0 Å². The van der Waals surface area contributed by atoms with Crippen molar-refractivity contribution in [3.63, 3.8) is 0 Å². The number of rotatable bonds is 6. The summed E-state index contributed by atoms with van der Waals surface area (Å²) in [5.41, 5.74) is 5.05. The summed E-state index contributed by atoms with van der Waals surface area (Å²) in [6.45, 7) is 10.5. The van der Waals surface area contributed by atoms with Gasteiger partial charge in [-0.15, -0.1) is 12.4 Å². The van der Waals surface area contributed by atoms with Gasteiger partial charge in [0.15, 0.2) is 0 Å². The van der Waals surface area contributed by atoms with Crippen molar-refractivity contribution in [2.24, 2.45) is 23.0 Å². The predicted octanol–water partition coefficient (Wildman–Crippen LogP) is 1.79. The Morgan fingerprint density at radius 1 is 1.36 bits per heavy atom. The Balaban J connectivity index is 0.00000441. The van der Waals surface area contributed by atoms with Crippen LogP contribution in [0.3, 0.4) is 0 Å². The number of carbonyl (C=O) groups is 2. The molecule has 1 aliphatic heterocycles. The number of carbonyl (C=O) groups excluding carboxylic acids is 2. The van der Waals surface area contributed by atoms with Gasteiger partial charge in [0.25, 0.3) is 0 Å². The molecule has 1 rings (SSSR count). The molecule has 1 unspecified atom stereocenters. The highest BCUT2D eigenvalue weighted by atomic mass is 35.5. The fourth-order valence-electron chi connectivity index (χ4n) is 3.25. The summed E-state index contributed by atoms with van der Waals surface area (Å²) < 4.78 is 0. The van der Waals surface area contributed by atoms with Crippen LogP contribution in [0.1, 0.15) is 47.0 Å². The maximum atomic E-state index is 12.7. The SMILES string of the molecule is CC(C)CC(C)(C)C(=O)N1CCCC(C(=O)NCCN)C1.Cl. The highest BCUT2D eigenvalue weighted by Crippen LogP contribution is 2.30. The van der Waals surface area contributed by atoms with E-state index in [1.54, 1.807) is 0 Å². The van der Waals surface area contributed by atoms with Gasteiger partial charge in [0.2, 0.25) is 11.8 Å². The van der Waals surface area contributed by atoms with Crippen LogP contribution >= 0.6 is 12.4 Å². The largest absolute Gasteiger partial charge is 0.355 e. The molecule has 1 fully saturated rings. The molecule has 1 saturated heterocycles. The second-order valence-corrected chi connectivity index (χ2v) is 7.15. The molecule has 0 spiro atoms. The molecular weight excluding hydrogens is 302 g/mol. The minimum Gasteiger partial charge on any atom is -0.355 e. The van der Waals surface area contributed by atoms with Gasteiger partial charge in [-0.1, -0.05) is 27.7 Å². The summed E-state index contributed by atoms with van der Waals surface area (Å²) in [6, 6.07) is 0. The van der Waals surface area contributed by atoms with E-state index >= 15 is 0 Å². The fourth-order valence-corrected chi connectivity index (χ4v) is 3.25. The maximum absolute atomic E-state index is 12.7. The van der Waals surface area contributed by atoms with Gasteiger partial charge < -0.3 is 16.0 Å². The number of hydrogen-bond acceptors (Lipinski definition) is 3. The van der Waals surface area contributed by atoms with E-state index in [1.807, 2.05) is 18.7 Å². The summed E-state index contributed by atoms with van der Waals surface area (Å²) in [5.74, 6) is 0.591. The zero-order valence-corrected chi connectivity index (χ0v) is 15.2. The van der Waals surface area contributed by atoms with Crippen LogP contribution in [0.2, 0.25) is 0 Å². The van der Waals surface area contributed by atoms with Crippen molar-refractivity contribution in [3.8, 4) is 0 Å². The summed E-state index contributed by atoms with van der Waals surface area (Å²) in [6.07, 6.45) is 2.61. The summed E-state index contributed by atoms with van der Waals surface area (Å²) in [4.78, 5) is 26.6. The van der Waals surface area contributed by atoms with E-state index in [0.717, 1.165) is 25.8 Å². The maximum Gasteiger partial charge on any atom is 0.228 e. The molecule has 22 heavy (non-hydrogen) atoms. The van der Waals surface area contributed by atoms with Crippen LogP contribution in [0, 0.1) is 17.3 Å². The quantitative estimate of drug-likeness (QED) is 0.778. The number of likely N-dealkylation sites (tertiary alicyclic amines) is 1. The predicted molar refractivity (Wildman–Crippen MR) is 91.9 cm³/mol. The van der Waals surface area contributed by atoms with Crippen molar-refractivity contribution in [1.82, 2.24) is 10.2 Å². The molecule has 1 heterocycles.